The summed E-state index contributed by atoms with van der Waals surface area (Å²) in [5.41, 5.74) is 1.50. The van der Waals surface area contributed by atoms with Crippen LogP contribution in [0, 0.1) is 5.82 Å². The fourth-order valence-corrected chi connectivity index (χ4v) is 3.02. The molecule has 3 rings (SSSR count). The summed E-state index contributed by atoms with van der Waals surface area (Å²) in [5, 5.41) is 2.95. The molecule has 0 aromatic heterocycles. The number of imide groups is 1. The number of carbonyl (C=O) groups excluding carboxylic acids is 2. The number of anilines is 1. The first kappa shape index (κ1) is 19.8. The lowest BCUT2D eigenvalue weighted by Gasteiger charge is -2.16. The lowest BCUT2D eigenvalue weighted by Crippen LogP contribution is -2.34. The summed E-state index contributed by atoms with van der Waals surface area (Å²) in [6, 6.07) is 14.8. The van der Waals surface area contributed by atoms with Crippen molar-refractivity contribution in [3.63, 3.8) is 0 Å². The van der Waals surface area contributed by atoms with E-state index in [0.717, 1.165) is 0 Å². The van der Waals surface area contributed by atoms with Crippen LogP contribution in [0.4, 0.5) is 10.1 Å². The third-order valence-corrected chi connectivity index (χ3v) is 4.30. The second-order valence-electron chi connectivity index (χ2n) is 6.79. The van der Waals surface area contributed by atoms with E-state index in [1.54, 1.807) is 36.4 Å². The Hall–Kier alpha value is -2.99. The molecular formula is C22H23FN2O3. The van der Waals surface area contributed by atoms with Crippen molar-refractivity contribution >= 4 is 23.1 Å². The molecule has 0 aliphatic carbocycles. The highest BCUT2D eigenvalue weighted by molar-refractivity contribution is 6.36. The van der Waals surface area contributed by atoms with Gasteiger partial charge in [-0.15, -0.1) is 0 Å². The number of halogens is 1. The van der Waals surface area contributed by atoms with Crippen molar-refractivity contribution in [3.05, 3.63) is 71.7 Å². The summed E-state index contributed by atoms with van der Waals surface area (Å²) in [6.45, 7) is 4.58. The number of ether oxygens (including phenoxy) is 1. The highest BCUT2D eigenvalue weighted by Gasteiger charge is 2.38. The van der Waals surface area contributed by atoms with Crippen LogP contribution in [-0.4, -0.2) is 36.0 Å². The summed E-state index contributed by atoms with van der Waals surface area (Å²) in [6.07, 6.45) is 0.638. The standard InChI is InChI=1S/C22H23FN2O3/c1-15(2)28-13-7-12-25-21(26)19(16-8-4-3-5-9-16)20(22(25)27)24-18-11-6-10-17(23)14-18/h3-6,8-11,14-15,24H,7,12-13H2,1-2H3. The van der Waals surface area contributed by atoms with Gasteiger partial charge in [0.2, 0.25) is 0 Å². The molecule has 5 nitrogen and oxygen atoms in total. The van der Waals surface area contributed by atoms with Crippen molar-refractivity contribution < 1.29 is 18.7 Å². The van der Waals surface area contributed by atoms with E-state index in [1.807, 2.05) is 19.9 Å². The Labute approximate surface area is 163 Å². The number of hydrogen-bond acceptors (Lipinski definition) is 4. The molecular weight excluding hydrogens is 359 g/mol. The molecule has 6 heteroatoms. The largest absolute Gasteiger partial charge is 0.379 e. The maximum atomic E-state index is 13.6. The Morgan fingerprint density at radius 3 is 2.46 bits per heavy atom. The molecule has 0 fully saturated rings. The molecule has 1 N–H and O–H groups in total. The molecule has 146 valence electrons. The highest BCUT2D eigenvalue weighted by Crippen LogP contribution is 2.30. The molecule has 0 unspecified atom stereocenters. The molecule has 0 saturated heterocycles. The molecule has 2 amide bonds. The van der Waals surface area contributed by atoms with Crippen molar-refractivity contribution in [3.8, 4) is 0 Å². The summed E-state index contributed by atoms with van der Waals surface area (Å²) >= 11 is 0. The van der Waals surface area contributed by atoms with E-state index < -0.39 is 11.7 Å². The average Bonchev–Trinajstić information content (AvgIpc) is 2.89. The van der Waals surface area contributed by atoms with Gasteiger partial charge in [0.15, 0.2) is 0 Å². The molecule has 1 aliphatic heterocycles. The van der Waals surface area contributed by atoms with Crippen LogP contribution in [0.1, 0.15) is 25.8 Å². The second kappa shape index (κ2) is 8.80. The third-order valence-electron chi connectivity index (χ3n) is 4.30. The number of hydrogen-bond donors (Lipinski definition) is 1. The maximum absolute atomic E-state index is 13.6. The van der Waals surface area contributed by atoms with Crippen molar-refractivity contribution in [2.75, 3.05) is 18.5 Å². The Balaban J connectivity index is 1.87. The van der Waals surface area contributed by atoms with E-state index in [0.29, 0.717) is 29.9 Å². The Bertz CT molecular complexity index is 894. The zero-order chi connectivity index (χ0) is 20.1. The Morgan fingerprint density at radius 2 is 1.79 bits per heavy atom. The Morgan fingerprint density at radius 1 is 1.04 bits per heavy atom. The number of rotatable bonds is 8. The van der Waals surface area contributed by atoms with Crippen molar-refractivity contribution in [2.24, 2.45) is 0 Å². The van der Waals surface area contributed by atoms with Gasteiger partial charge in [0.1, 0.15) is 11.5 Å². The minimum Gasteiger partial charge on any atom is -0.379 e. The monoisotopic (exact) mass is 382 g/mol. The van der Waals surface area contributed by atoms with Gasteiger partial charge in [0, 0.05) is 18.8 Å². The minimum atomic E-state index is -0.425. The van der Waals surface area contributed by atoms with Crippen LogP contribution in [-0.2, 0) is 14.3 Å². The van der Waals surface area contributed by atoms with Gasteiger partial charge in [-0.2, -0.15) is 0 Å². The van der Waals surface area contributed by atoms with Gasteiger partial charge in [0.05, 0.1) is 11.7 Å². The zero-order valence-electron chi connectivity index (χ0n) is 15.9. The van der Waals surface area contributed by atoms with Gasteiger partial charge in [-0.3, -0.25) is 14.5 Å². The van der Waals surface area contributed by atoms with E-state index in [1.165, 1.54) is 17.0 Å². The number of nitrogens with zero attached hydrogens (tertiary/aromatic N) is 1. The van der Waals surface area contributed by atoms with Crippen LogP contribution in [0.25, 0.3) is 5.57 Å². The predicted octanol–water partition coefficient (Wildman–Crippen LogP) is 3.83. The van der Waals surface area contributed by atoms with Crippen molar-refractivity contribution in [2.45, 2.75) is 26.4 Å². The lowest BCUT2D eigenvalue weighted by atomic mass is 10.0. The van der Waals surface area contributed by atoms with E-state index in [4.69, 9.17) is 4.74 Å². The van der Waals surface area contributed by atoms with Gasteiger partial charge in [0.25, 0.3) is 11.8 Å². The number of nitrogens with one attached hydrogen (secondary N) is 1. The molecule has 0 saturated carbocycles. The molecule has 28 heavy (non-hydrogen) atoms. The second-order valence-corrected chi connectivity index (χ2v) is 6.79. The van der Waals surface area contributed by atoms with Crippen LogP contribution in [0.3, 0.4) is 0 Å². The lowest BCUT2D eigenvalue weighted by molar-refractivity contribution is -0.137. The first-order valence-corrected chi connectivity index (χ1v) is 9.27. The molecule has 1 aliphatic rings. The van der Waals surface area contributed by atoms with Crippen molar-refractivity contribution in [1.82, 2.24) is 4.90 Å². The zero-order valence-corrected chi connectivity index (χ0v) is 15.9. The minimum absolute atomic E-state index is 0.0909. The van der Waals surface area contributed by atoms with Crippen molar-refractivity contribution in [1.29, 1.82) is 0 Å². The van der Waals surface area contributed by atoms with Gasteiger partial charge >= 0.3 is 0 Å². The third kappa shape index (κ3) is 4.46. The first-order valence-electron chi connectivity index (χ1n) is 9.27. The average molecular weight is 382 g/mol. The van der Waals surface area contributed by atoms with Crippen LogP contribution in [0.15, 0.2) is 60.3 Å². The normalized spacial score (nSPS) is 14.4. The fourth-order valence-electron chi connectivity index (χ4n) is 3.02. The number of benzene rings is 2. The topological polar surface area (TPSA) is 58.6 Å². The van der Waals surface area contributed by atoms with E-state index in [2.05, 4.69) is 5.32 Å². The van der Waals surface area contributed by atoms with Crippen LogP contribution >= 0.6 is 0 Å². The van der Waals surface area contributed by atoms with Gasteiger partial charge < -0.3 is 10.1 Å². The van der Waals surface area contributed by atoms with Gasteiger partial charge in [-0.25, -0.2) is 4.39 Å². The molecule has 1 heterocycles. The van der Waals surface area contributed by atoms with Crippen LogP contribution in [0.5, 0.6) is 0 Å². The molecule has 0 atom stereocenters. The smallest absolute Gasteiger partial charge is 0.278 e. The van der Waals surface area contributed by atoms with E-state index in [9.17, 15) is 14.0 Å². The number of carbonyl (C=O) groups is 2. The van der Waals surface area contributed by atoms with Gasteiger partial charge in [-0.05, 0) is 44.0 Å². The van der Waals surface area contributed by atoms with Gasteiger partial charge in [-0.1, -0.05) is 36.4 Å². The highest BCUT2D eigenvalue weighted by atomic mass is 19.1. The summed E-state index contributed by atoms with van der Waals surface area (Å²) in [5.74, 6) is -1.20. The quantitative estimate of drug-likeness (QED) is 0.557. The van der Waals surface area contributed by atoms with Crippen LogP contribution in [0.2, 0.25) is 0 Å². The summed E-state index contributed by atoms with van der Waals surface area (Å²) < 4.78 is 19.0. The van der Waals surface area contributed by atoms with Crippen LogP contribution < -0.4 is 5.32 Å². The summed E-state index contributed by atoms with van der Waals surface area (Å²) in [7, 11) is 0. The Kier molecular flexibility index (Phi) is 6.21. The number of amides is 2. The SMILES string of the molecule is CC(C)OCCCN1C(=O)C(Nc2cccc(F)c2)=C(c2ccccc2)C1=O. The molecule has 2 aromatic rings. The van der Waals surface area contributed by atoms with E-state index >= 15 is 0 Å². The molecule has 0 bridgehead atoms. The molecule has 0 radical (unpaired) electrons. The molecule has 2 aromatic carbocycles. The molecule has 0 spiro atoms. The maximum Gasteiger partial charge on any atom is 0.278 e. The fraction of sp³-hybridized carbons (Fsp3) is 0.273. The first-order chi connectivity index (χ1) is 13.5. The van der Waals surface area contributed by atoms with E-state index in [-0.39, 0.29) is 24.3 Å². The predicted molar refractivity (Wildman–Crippen MR) is 106 cm³/mol. The summed E-state index contributed by atoms with van der Waals surface area (Å²) in [4.78, 5) is 27.2.